The summed E-state index contributed by atoms with van der Waals surface area (Å²) in [5.74, 6) is -3.31. The predicted molar refractivity (Wildman–Crippen MR) is 140 cm³/mol. The van der Waals surface area contributed by atoms with Crippen LogP contribution < -0.4 is 5.32 Å². The molecule has 4 rings (SSSR count). The molecule has 0 spiro atoms. The van der Waals surface area contributed by atoms with Crippen molar-refractivity contribution in [2.24, 2.45) is 0 Å². The molecule has 10 heteroatoms. The molecule has 0 saturated carbocycles. The molecule has 0 fully saturated rings. The second-order valence-electron chi connectivity index (χ2n) is 10.6. The Bertz CT molecular complexity index is 1400. The summed E-state index contributed by atoms with van der Waals surface area (Å²) < 4.78 is 48.2. The molecule has 1 amide bonds. The lowest BCUT2D eigenvalue weighted by atomic mass is 10.0. The Hall–Kier alpha value is -3.69. The molecule has 0 radical (unpaired) electrons. The molecule has 7 nitrogen and oxygen atoms in total. The summed E-state index contributed by atoms with van der Waals surface area (Å²) in [4.78, 5) is 27.6. The monoisotopic (exact) mass is 527 g/mol. The Kier molecular flexibility index (Phi) is 7.36. The van der Waals surface area contributed by atoms with Gasteiger partial charge in [-0.3, -0.25) is 4.98 Å². The topological polar surface area (TPSA) is 80.2 Å². The highest BCUT2D eigenvalue weighted by Gasteiger charge is 2.30. The fourth-order valence-corrected chi connectivity index (χ4v) is 4.33. The number of benzene rings is 1. The van der Waals surface area contributed by atoms with Crippen molar-refractivity contribution in [2.45, 2.75) is 65.5 Å². The summed E-state index contributed by atoms with van der Waals surface area (Å²) in [6, 6.07) is 5.20. The lowest BCUT2D eigenvalue weighted by molar-refractivity contribution is 0.0135. The molecule has 1 atom stereocenters. The number of fused-ring (bicyclic) bond motifs is 1. The second-order valence-corrected chi connectivity index (χ2v) is 10.6. The number of aromatic nitrogens is 3. The average Bonchev–Trinajstić information content (AvgIpc) is 2.82. The van der Waals surface area contributed by atoms with E-state index >= 15 is 0 Å². The van der Waals surface area contributed by atoms with Gasteiger partial charge in [-0.1, -0.05) is 24.3 Å². The van der Waals surface area contributed by atoms with Crippen LogP contribution in [0.25, 0.3) is 16.5 Å². The number of nitrogens with zero attached hydrogens (tertiary/aromatic N) is 4. The fourth-order valence-electron chi connectivity index (χ4n) is 4.33. The molecule has 3 aromatic rings. The molecule has 0 unspecified atom stereocenters. The van der Waals surface area contributed by atoms with Gasteiger partial charge in [0.05, 0.1) is 29.0 Å². The smallest absolute Gasteiger partial charge is 0.410 e. The number of hydrogen-bond donors (Lipinski definition) is 1. The summed E-state index contributed by atoms with van der Waals surface area (Å²) in [7, 11) is 0. The van der Waals surface area contributed by atoms with Gasteiger partial charge in [0.2, 0.25) is 0 Å². The number of carbonyl (C=O) groups is 1. The number of amides is 1. The largest absolute Gasteiger partial charge is 0.444 e. The lowest BCUT2D eigenvalue weighted by Crippen LogP contribution is -2.39. The van der Waals surface area contributed by atoms with Gasteiger partial charge in [0.1, 0.15) is 23.1 Å². The van der Waals surface area contributed by atoms with E-state index in [1.165, 1.54) is 12.1 Å². The summed E-state index contributed by atoms with van der Waals surface area (Å²) in [5.41, 5.74) is 1.17. The van der Waals surface area contributed by atoms with Crippen molar-refractivity contribution in [3.05, 3.63) is 65.0 Å². The lowest BCUT2D eigenvalue weighted by Gasteiger charge is -2.29. The molecule has 1 aromatic carbocycles. The highest BCUT2D eigenvalue weighted by Crippen LogP contribution is 2.34. The van der Waals surface area contributed by atoms with Crippen molar-refractivity contribution < 1.29 is 22.7 Å². The molecular weight excluding hydrogens is 495 g/mol. The maximum atomic E-state index is 15.0. The third kappa shape index (κ3) is 6.06. The Labute approximate surface area is 220 Å². The number of anilines is 1. The Morgan fingerprint density at radius 2 is 1.92 bits per heavy atom. The molecular formula is C28H32F3N5O2. The molecule has 1 N–H and O–H groups in total. The van der Waals surface area contributed by atoms with E-state index in [2.05, 4.69) is 20.3 Å². The van der Waals surface area contributed by atoms with Gasteiger partial charge in [0.15, 0.2) is 0 Å². The SMILES string of the molecule is Cc1nc(N[C@H](C)c2cccc(C(C)(F)F)c2F)c2cc(C3=CCN(C(=O)OC(C)(C)C)CC3)ncc2n1. The summed E-state index contributed by atoms with van der Waals surface area (Å²) in [6.07, 6.45) is 3.82. The van der Waals surface area contributed by atoms with E-state index in [4.69, 9.17) is 4.74 Å². The van der Waals surface area contributed by atoms with E-state index in [0.717, 1.165) is 11.6 Å². The van der Waals surface area contributed by atoms with Gasteiger partial charge >= 0.3 is 6.09 Å². The van der Waals surface area contributed by atoms with Crippen LogP contribution in [0.2, 0.25) is 0 Å². The standard InChI is InChI=1S/C28H32F3N5O2/c1-16(19-8-7-9-21(24(19)29)28(6,30)31)33-25-20-14-22(32-15-23(20)34-17(2)35-25)18-10-12-36(13-11-18)26(37)38-27(3,4)5/h7-10,14-16H,11-13H2,1-6H3,(H,33,34,35)/t16-/m1/s1. The number of ether oxygens (including phenoxy) is 1. The third-order valence-corrected chi connectivity index (χ3v) is 6.20. The highest BCUT2D eigenvalue weighted by molar-refractivity contribution is 5.91. The van der Waals surface area contributed by atoms with Crippen molar-refractivity contribution in [2.75, 3.05) is 18.4 Å². The summed E-state index contributed by atoms with van der Waals surface area (Å²) >= 11 is 0. The normalized spacial score (nSPS) is 15.3. The molecule has 202 valence electrons. The van der Waals surface area contributed by atoms with E-state index in [1.54, 1.807) is 24.9 Å². The molecule has 1 aliphatic rings. The van der Waals surface area contributed by atoms with Crippen molar-refractivity contribution in [3.8, 4) is 0 Å². The van der Waals surface area contributed by atoms with Crippen molar-refractivity contribution >= 4 is 28.4 Å². The number of hydrogen-bond acceptors (Lipinski definition) is 6. The van der Waals surface area contributed by atoms with Gasteiger partial charge in [-0.05, 0) is 52.7 Å². The van der Waals surface area contributed by atoms with Crippen LogP contribution in [-0.4, -0.2) is 44.6 Å². The van der Waals surface area contributed by atoms with E-state index in [1.807, 2.05) is 32.9 Å². The van der Waals surface area contributed by atoms with E-state index in [9.17, 15) is 18.0 Å². The zero-order valence-corrected chi connectivity index (χ0v) is 22.4. The Morgan fingerprint density at radius 1 is 1.18 bits per heavy atom. The zero-order chi connectivity index (χ0) is 27.8. The number of pyridine rings is 1. The molecule has 38 heavy (non-hydrogen) atoms. The number of nitrogens with one attached hydrogen (secondary N) is 1. The van der Waals surface area contributed by atoms with Gasteiger partial charge < -0.3 is 15.0 Å². The first-order valence-corrected chi connectivity index (χ1v) is 12.5. The third-order valence-electron chi connectivity index (χ3n) is 6.20. The van der Waals surface area contributed by atoms with Crippen LogP contribution in [0.15, 0.2) is 36.5 Å². The highest BCUT2D eigenvalue weighted by atomic mass is 19.3. The minimum absolute atomic E-state index is 0.111. The Morgan fingerprint density at radius 3 is 2.55 bits per heavy atom. The number of rotatable bonds is 5. The van der Waals surface area contributed by atoms with Crippen LogP contribution in [0.4, 0.5) is 23.8 Å². The summed E-state index contributed by atoms with van der Waals surface area (Å²) in [5, 5.41) is 3.85. The van der Waals surface area contributed by atoms with E-state index < -0.39 is 28.9 Å². The van der Waals surface area contributed by atoms with E-state index in [-0.39, 0.29) is 11.7 Å². The van der Waals surface area contributed by atoms with Gasteiger partial charge in [0.25, 0.3) is 5.92 Å². The van der Waals surface area contributed by atoms with Crippen LogP contribution in [0.5, 0.6) is 0 Å². The van der Waals surface area contributed by atoms with Crippen molar-refractivity contribution in [1.29, 1.82) is 0 Å². The summed E-state index contributed by atoms with van der Waals surface area (Å²) in [6.45, 7) is 10.5. The number of alkyl halides is 2. The number of aryl methyl sites for hydroxylation is 1. The van der Waals surface area contributed by atoms with Gasteiger partial charge in [-0.15, -0.1) is 0 Å². The fraction of sp³-hybridized carbons (Fsp3) is 0.429. The zero-order valence-electron chi connectivity index (χ0n) is 22.4. The van der Waals surface area contributed by atoms with Crippen molar-refractivity contribution in [3.63, 3.8) is 0 Å². The number of carbonyl (C=O) groups excluding carboxylic acids is 1. The molecule has 2 aromatic heterocycles. The molecule has 1 aliphatic heterocycles. The predicted octanol–water partition coefficient (Wildman–Crippen LogP) is 6.78. The quantitative estimate of drug-likeness (QED) is 0.394. The first kappa shape index (κ1) is 27.3. The van der Waals surface area contributed by atoms with Crippen molar-refractivity contribution in [1.82, 2.24) is 19.9 Å². The first-order valence-electron chi connectivity index (χ1n) is 12.5. The van der Waals surface area contributed by atoms with E-state index in [0.29, 0.717) is 54.7 Å². The second kappa shape index (κ2) is 10.2. The maximum absolute atomic E-state index is 15.0. The maximum Gasteiger partial charge on any atom is 0.410 e. The molecule has 0 saturated heterocycles. The average molecular weight is 528 g/mol. The van der Waals surface area contributed by atoms with Crippen LogP contribution in [0, 0.1) is 12.7 Å². The van der Waals surface area contributed by atoms with Crippen LogP contribution >= 0.6 is 0 Å². The van der Waals surface area contributed by atoms with Crippen LogP contribution in [0.1, 0.15) is 69.7 Å². The molecule has 0 bridgehead atoms. The minimum Gasteiger partial charge on any atom is -0.444 e. The first-order chi connectivity index (χ1) is 17.7. The molecule has 3 heterocycles. The van der Waals surface area contributed by atoms with Crippen LogP contribution in [0.3, 0.4) is 0 Å². The van der Waals surface area contributed by atoms with Gasteiger partial charge in [0, 0.05) is 31.0 Å². The minimum atomic E-state index is -3.30. The van der Waals surface area contributed by atoms with Gasteiger partial charge in [-0.25, -0.2) is 27.9 Å². The molecule has 0 aliphatic carbocycles. The van der Waals surface area contributed by atoms with Gasteiger partial charge in [-0.2, -0.15) is 0 Å². The van der Waals surface area contributed by atoms with Crippen LogP contribution in [-0.2, 0) is 10.7 Å². The Balaban J connectivity index is 1.62. The number of halogens is 3.